The summed E-state index contributed by atoms with van der Waals surface area (Å²) >= 11 is 3.44. The molecule has 2 rings (SSSR count). The molecule has 0 aromatic heterocycles. The molecule has 1 amide bonds. The van der Waals surface area contributed by atoms with Crippen LogP contribution in [0.4, 0.5) is 4.79 Å². The van der Waals surface area contributed by atoms with Crippen LogP contribution >= 0.6 is 15.9 Å². The van der Waals surface area contributed by atoms with Gasteiger partial charge in [-0.2, -0.15) is 0 Å². The van der Waals surface area contributed by atoms with Gasteiger partial charge in [0.15, 0.2) is 0 Å². The quantitative estimate of drug-likeness (QED) is 0.797. The summed E-state index contributed by atoms with van der Waals surface area (Å²) in [7, 11) is 0. The third kappa shape index (κ3) is 3.73. The van der Waals surface area contributed by atoms with Crippen molar-refractivity contribution in [1.82, 2.24) is 4.90 Å². The molecule has 1 aromatic carbocycles. The Morgan fingerprint density at radius 3 is 2.89 bits per heavy atom. The van der Waals surface area contributed by atoms with E-state index < -0.39 is 0 Å². The smallest absolute Gasteiger partial charge is 0.410 e. The number of halogens is 1. The molecule has 18 heavy (non-hydrogen) atoms. The first-order valence-corrected chi connectivity index (χ1v) is 7.43. The minimum absolute atomic E-state index is 0.184. The molecule has 0 N–H and O–H groups in total. The minimum atomic E-state index is -0.184. The lowest BCUT2D eigenvalue weighted by molar-refractivity contribution is 0.103. The average molecular weight is 312 g/mol. The van der Waals surface area contributed by atoms with Gasteiger partial charge in [-0.15, -0.1) is 0 Å². The summed E-state index contributed by atoms with van der Waals surface area (Å²) in [6, 6.07) is 9.78. The molecule has 0 bridgehead atoms. The normalized spacial score (nSPS) is 18.9. The molecule has 1 atom stereocenters. The second-order valence-electron chi connectivity index (χ2n) is 4.62. The van der Waals surface area contributed by atoms with Crippen LogP contribution in [0.3, 0.4) is 0 Å². The summed E-state index contributed by atoms with van der Waals surface area (Å²) in [6.07, 6.45) is 2.03. The second-order valence-corrected chi connectivity index (χ2v) is 5.41. The van der Waals surface area contributed by atoms with Crippen molar-refractivity contribution in [2.45, 2.75) is 19.4 Å². The topological polar surface area (TPSA) is 29.5 Å². The Kier molecular flexibility index (Phi) is 5.05. The molecule has 98 valence electrons. The van der Waals surface area contributed by atoms with E-state index in [1.54, 1.807) is 0 Å². The molecule has 4 heteroatoms. The fraction of sp³-hybridized carbons (Fsp3) is 0.500. The molecule has 1 aliphatic heterocycles. The van der Waals surface area contributed by atoms with Crippen LogP contribution in [-0.4, -0.2) is 29.4 Å². The first-order valence-electron chi connectivity index (χ1n) is 6.31. The summed E-state index contributed by atoms with van der Waals surface area (Å²) < 4.78 is 5.31. The van der Waals surface area contributed by atoms with E-state index in [4.69, 9.17) is 4.74 Å². The van der Waals surface area contributed by atoms with Crippen molar-refractivity contribution in [3.63, 3.8) is 0 Å². The van der Waals surface area contributed by atoms with Crippen molar-refractivity contribution in [2.75, 3.05) is 18.4 Å². The number of carbonyl (C=O) groups is 1. The van der Waals surface area contributed by atoms with Crippen molar-refractivity contribution >= 4 is 22.0 Å². The van der Waals surface area contributed by atoms with Gasteiger partial charge in [0.1, 0.15) is 6.61 Å². The summed E-state index contributed by atoms with van der Waals surface area (Å²) in [4.78, 5) is 13.7. The van der Waals surface area contributed by atoms with Crippen molar-refractivity contribution in [1.29, 1.82) is 0 Å². The Morgan fingerprint density at radius 1 is 1.39 bits per heavy atom. The average Bonchev–Trinajstić information content (AvgIpc) is 2.86. The number of hydrogen-bond donors (Lipinski definition) is 0. The van der Waals surface area contributed by atoms with E-state index in [2.05, 4.69) is 15.9 Å². The van der Waals surface area contributed by atoms with Gasteiger partial charge < -0.3 is 9.64 Å². The lowest BCUT2D eigenvalue weighted by Gasteiger charge is -2.16. The number of benzene rings is 1. The lowest BCUT2D eigenvalue weighted by atomic mass is 10.1. The molecule has 1 aromatic rings. The fourth-order valence-corrected chi connectivity index (χ4v) is 2.85. The van der Waals surface area contributed by atoms with E-state index in [1.165, 1.54) is 0 Å². The SMILES string of the molecule is O=C(OCc1ccccc1)N1CC[C@@H](CCBr)C1. The highest BCUT2D eigenvalue weighted by Crippen LogP contribution is 2.21. The van der Waals surface area contributed by atoms with Crippen LogP contribution < -0.4 is 0 Å². The number of carbonyl (C=O) groups excluding carboxylic acids is 1. The van der Waals surface area contributed by atoms with Crippen LogP contribution in [0.5, 0.6) is 0 Å². The van der Waals surface area contributed by atoms with Gasteiger partial charge in [-0.1, -0.05) is 46.3 Å². The number of ether oxygens (including phenoxy) is 1. The van der Waals surface area contributed by atoms with Gasteiger partial charge in [0, 0.05) is 18.4 Å². The van der Waals surface area contributed by atoms with Crippen molar-refractivity contribution in [3.05, 3.63) is 35.9 Å². The van der Waals surface area contributed by atoms with Crippen LogP contribution in [-0.2, 0) is 11.3 Å². The molecule has 0 unspecified atom stereocenters. The number of alkyl halides is 1. The summed E-state index contributed by atoms with van der Waals surface area (Å²) in [5, 5.41) is 1.00. The Balaban J connectivity index is 1.76. The number of hydrogen-bond acceptors (Lipinski definition) is 2. The zero-order valence-electron chi connectivity index (χ0n) is 10.3. The molecule has 1 aliphatic rings. The highest BCUT2D eigenvalue weighted by atomic mass is 79.9. The van der Waals surface area contributed by atoms with Crippen LogP contribution in [0.2, 0.25) is 0 Å². The summed E-state index contributed by atoms with van der Waals surface area (Å²) in [5.74, 6) is 0.619. The highest BCUT2D eigenvalue weighted by molar-refractivity contribution is 9.09. The third-order valence-electron chi connectivity index (χ3n) is 3.27. The maximum atomic E-state index is 11.9. The van der Waals surface area contributed by atoms with Gasteiger partial charge in [0.05, 0.1) is 0 Å². The molecule has 1 saturated heterocycles. The van der Waals surface area contributed by atoms with Crippen molar-refractivity contribution in [2.24, 2.45) is 5.92 Å². The van der Waals surface area contributed by atoms with E-state index in [-0.39, 0.29) is 6.09 Å². The van der Waals surface area contributed by atoms with Gasteiger partial charge in [-0.05, 0) is 24.3 Å². The zero-order chi connectivity index (χ0) is 12.8. The molecule has 1 fully saturated rings. The Labute approximate surface area is 116 Å². The van der Waals surface area contributed by atoms with E-state index in [1.807, 2.05) is 35.2 Å². The van der Waals surface area contributed by atoms with Crippen LogP contribution in [0, 0.1) is 5.92 Å². The third-order valence-corrected chi connectivity index (χ3v) is 3.72. The zero-order valence-corrected chi connectivity index (χ0v) is 11.9. The minimum Gasteiger partial charge on any atom is -0.445 e. The van der Waals surface area contributed by atoms with Gasteiger partial charge in [-0.25, -0.2) is 4.79 Å². The van der Waals surface area contributed by atoms with Crippen LogP contribution in [0.25, 0.3) is 0 Å². The van der Waals surface area contributed by atoms with E-state index >= 15 is 0 Å². The lowest BCUT2D eigenvalue weighted by Crippen LogP contribution is -2.29. The number of nitrogens with zero attached hydrogens (tertiary/aromatic N) is 1. The Bertz CT molecular complexity index is 383. The predicted molar refractivity (Wildman–Crippen MR) is 74.7 cm³/mol. The van der Waals surface area contributed by atoms with Crippen molar-refractivity contribution in [3.8, 4) is 0 Å². The van der Waals surface area contributed by atoms with Crippen LogP contribution in [0.1, 0.15) is 18.4 Å². The summed E-state index contributed by atoms with van der Waals surface area (Å²) in [6.45, 7) is 2.02. The van der Waals surface area contributed by atoms with E-state index in [0.717, 1.165) is 36.8 Å². The molecular formula is C14H18BrNO2. The van der Waals surface area contributed by atoms with Gasteiger partial charge >= 0.3 is 6.09 Å². The molecule has 0 aliphatic carbocycles. The monoisotopic (exact) mass is 311 g/mol. The molecular weight excluding hydrogens is 294 g/mol. The first-order chi connectivity index (χ1) is 8.79. The van der Waals surface area contributed by atoms with Crippen LogP contribution in [0.15, 0.2) is 30.3 Å². The van der Waals surface area contributed by atoms with Crippen molar-refractivity contribution < 1.29 is 9.53 Å². The first kappa shape index (κ1) is 13.4. The maximum Gasteiger partial charge on any atom is 0.410 e. The predicted octanol–water partition coefficient (Wildman–Crippen LogP) is 3.43. The molecule has 0 saturated carbocycles. The van der Waals surface area contributed by atoms with E-state index in [0.29, 0.717) is 12.5 Å². The number of amides is 1. The Hall–Kier alpha value is -1.03. The maximum absolute atomic E-state index is 11.9. The highest BCUT2D eigenvalue weighted by Gasteiger charge is 2.26. The second kappa shape index (κ2) is 6.78. The van der Waals surface area contributed by atoms with Gasteiger partial charge in [-0.3, -0.25) is 0 Å². The number of likely N-dealkylation sites (tertiary alicyclic amines) is 1. The largest absolute Gasteiger partial charge is 0.445 e. The standard InChI is InChI=1S/C14H18BrNO2/c15-8-6-12-7-9-16(10-12)14(17)18-11-13-4-2-1-3-5-13/h1-5,12H,6-11H2/t12-/m1/s1. The van der Waals surface area contributed by atoms with E-state index in [9.17, 15) is 4.79 Å². The Morgan fingerprint density at radius 2 is 2.17 bits per heavy atom. The molecule has 0 radical (unpaired) electrons. The number of rotatable bonds is 4. The van der Waals surface area contributed by atoms with Gasteiger partial charge in [0.25, 0.3) is 0 Å². The molecule has 0 spiro atoms. The molecule has 1 heterocycles. The summed E-state index contributed by atoms with van der Waals surface area (Å²) in [5.41, 5.74) is 1.03. The molecule has 3 nitrogen and oxygen atoms in total. The van der Waals surface area contributed by atoms with Gasteiger partial charge in [0.2, 0.25) is 0 Å². The fourth-order valence-electron chi connectivity index (χ4n) is 2.20.